The van der Waals surface area contributed by atoms with Crippen LogP contribution in [0.5, 0.6) is 5.75 Å². The molecule has 3 amide bonds. The van der Waals surface area contributed by atoms with Gasteiger partial charge in [0.1, 0.15) is 29.6 Å². The number of carbonyl (C=O) groups excluding carboxylic acids is 2. The van der Waals surface area contributed by atoms with E-state index in [9.17, 15) is 65.0 Å². The van der Waals surface area contributed by atoms with Crippen LogP contribution in [0.1, 0.15) is 66.1 Å². The van der Waals surface area contributed by atoms with Gasteiger partial charge in [-0.15, -0.1) is 0 Å². The number of benzene rings is 3. The van der Waals surface area contributed by atoms with Crippen molar-refractivity contribution in [3.63, 3.8) is 0 Å². The minimum absolute atomic E-state index is 0. The Bertz CT molecular complexity index is 2810. The second kappa shape index (κ2) is 27.7. The summed E-state index contributed by atoms with van der Waals surface area (Å²) in [6, 6.07) is 11.1. The summed E-state index contributed by atoms with van der Waals surface area (Å²) in [7, 11) is 0. The number of non-ortho nitro benzene ring substituents is 1. The van der Waals surface area contributed by atoms with E-state index in [4.69, 9.17) is 38.2 Å². The number of nitro benzene ring substituents is 1. The number of amides is 3. The van der Waals surface area contributed by atoms with Crippen molar-refractivity contribution in [1.29, 1.82) is 0 Å². The maximum absolute atomic E-state index is 13.7. The molecule has 2 aliphatic heterocycles. The maximum atomic E-state index is 13.7. The zero-order valence-electron chi connectivity index (χ0n) is 37.4. The summed E-state index contributed by atoms with van der Waals surface area (Å²) >= 11 is 12.4. The molecule has 0 spiro atoms. The molecule has 0 bridgehead atoms. The van der Waals surface area contributed by atoms with Crippen molar-refractivity contribution >= 4 is 77.0 Å². The largest absolute Gasteiger partial charge is 0.419 e. The van der Waals surface area contributed by atoms with Crippen LogP contribution < -0.4 is 20.7 Å². The Morgan fingerprint density at radius 2 is 1.26 bits per heavy atom. The van der Waals surface area contributed by atoms with E-state index >= 15 is 0 Å². The molecular weight excluding hydrogens is 1060 g/mol. The topological polar surface area (TPSA) is 233 Å². The maximum Gasteiger partial charge on any atom is 0.419 e. The van der Waals surface area contributed by atoms with Gasteiger partial charge in [-0.05, 0) is 91.2 Å². The number of carbonyl (C=O) groups is 2. The van der Waals surface area contributed by atoms with E-state index in [1.54, 1.807) is 18.3 Å². The normalized spacial score (nSPS) is 14.1. The Balaban J connectivity index is 0.000000301. The summed E-state index contributed by atoms with van der Waals surface area (Å²) in [5.74, 6) is -3.05. The van der Waals surface area contributed by atoms with Crippen molar-refractivity contribution in [2.45, 2.75) is 44.8 Å². The number of anilines is 2. The first-order valence-electron chi connectivity index (χ1n) is 21.0. The molecule has 0 radical (unpaired) electrons. The molecule has 0 saturated heterocycles. The molecule has 5 aromatic rings. The van der Waals surface area contributed by atoms with Crippen LogP contribution in [-0.4, -0.2) is 91.7 Å². The third-order valence-electron chi connectivity index (χ3n) is 10.3. The number of hydrogen-bond donors (Lipinski definition) is 7. The summed E-state index contributed by atoms with van der Waals surface area (Å²) < 4.78 is 107. The molecule has 74 heavy (non-hydrogen) atoms. The molecule has 7 N–H and O–H groups in total. The zero-order valence-corrected chi connectivity index (χ0v) is 40.0. The SMILES string of the molecule is C.O=C(Nc1ccc(C(F)(F)F)c(F)c1)N1CC=C(c2ncc([C@H](O)CO)cc2Cl)CC1.O=C(Nc1ccc(C(F)(F)F)c(F)c1)Oc1ccc([N+](=O)[O-])cc1.OC[C@@H](O)c1cnc(C2=CCNCC2)c(Cl)c1.S. The van der Waals surface area contributed by atoms with Gasteiger partial charge in [0.2, 0.25) is 0 Å². The average molecular weight is 1110 g/mol. The minimum atomic E-state index is -4.85. The van der Waals surface area contributed by atoms with E-state index in [0.717, 1.165) is 72.7 Å². The molecule has 0 unspecified atom stereocenters. The van der Waals surface area contributed by atoms with E-state index in [1.165, 1.54) is 17.2 Å². The number of aromatic nitrogens is 2. The number of nitrogens with one attached hydrogen (secondary N) is 3. The number of nitro groups is 1. The fraction of sp³-hybridized carbons (Fsp3) is 0.277. The number of halogens is 10. The summed E-state index contributed by atoms with van der Waals surface area (Å²) in [5.41, 5.74) is 0.650. The lowest BCUT2D eigenvalue weighted by Gasteiger charge is -2.27. The first-order chi connectivity index (χ1) is 34.0. The van der Waals surface area contributed by atoms with Crippen LogP contribution >= 0.6 is 36.7 Å². The van der Waals surface area contributed by atoms with Gasteiger partial charge in [0.15, 0.2) is 0 Å². The molecule has 400 valence electrons. The highest BCUT2D eigenvalue weighted by Crippen LogP contribution is 2.35. The van der Waals surface area contributed by atoms with Crippen molar-refractivity contribution in [1.82, 2.24) is 20.2 Å². The second-order valence-electron chi connectivity index (χ2n) is 15.3. The Morgan fingerprint density at radius 1 is 0.770 bits per heavy atom. The van der Waals surface area contributed by atoms with E-state index < -0.39 is 71.0 Å². The van der Waals surface area contributed by atoms with Gasteiger partial charge in [-0.1, -0.05) is 42.8 Å². The molecule has 2 aliphatic rings. The smallest absolute Gasteiger partial charge is 0.410 e. The second-order valence-corrected chi connectivity index (χ2v) is 16.1. The number of hydrogen-bond acceptors (Lipinski definition) is 12. The van der Waals surface area contributed by atoms with Crippen LogP contribution in [0.2, 0.25) is 10.0 Å². The predicted octanol–water partition coefficient (Wildman–Crippen LogP) is 10.5. The fourth-order valence-electron chi connectivity index (χ4n) is 6.59. The zero-order chi connectivity index (χ0) is 52.9. The van der Waals surface area contributed by atoms with Crippen LogP contribution in [0.3, 0.4) is 0 Å². The standard InChI is InChI=1S/C20H18ClF4N3O3.C14H8F4N2O4.C12H15ClN2O2.CH4.H2S/c21-15-7-12(17(30)10-29)9-26-18(15)11-3-5-28(6-4-11)19(31)27-13-1-2-14(16(22)8-13)20(23,24)25;15-12-7-8(1-6-11(12)14(16,17)18)19-13(21)24-10-4-2-9(3-5-10)20(22)23;13-10-5-9(11(17)7-16)6-15-12(10)8-1-3-14-4-2-8;;/h1-3,7-9,17,29-30H,4-6,10H2,(H,27,31);1-7H,(H,19,21);1,5-6,11,14,16-17H,2-4,7H2;1H4;1H2/t17-;;11-;;/m1.1../s1. The van der Waals surface area contributed by atoms with E-state index in [0.29, 0.717) is 52.5 Å². The molecule has 3 aromatic carbocycles. The molecule has 0 saturated carbocycles. The highest BCUT2D eigenvalue weighted by Gasteiger charge is 2.35. The van der Waals surface area contributed by atoms with E-state index in [-0.39, 0.29) is 68.5 Å². The predicted molar refractivity (Wildman–Crippen MR) is 264 cm³/mol. The molecule has 0 aliphatic carbocycles. The van der Waals surface area contributed by atoms with Gasteiger partial charge in [-0.2, -0.15) is 39.8 Å². The molecule has 2 atom stereocenters. The van der Waals surface area contributed by atoms with Crippen molar-refractivity contribution < 1.29 is 74.8 Å². The number of rotatable bonds is 10. The summed E-state index contributed by atoms with van der Waals surface area (Å²) in [5, 5.41) is 55.9. The quantitative estimate of drug-likeness (QED) is 0.0393. The molecule has 2 aromatic heterocycles. The number of pyridine rings is 2. The molecule has 27 heteroatoms. The van der Waals surface area contributed by atoms with Crippen LogP contribution in [0.25, 0.3) is 11.1 Å². The Labute approximate surface area is 433 Å². The van der Waals surface area contributed by atoms with Crippen LogP contribution in [0.15, 0.2) is 97.3 Å². The molecule has 7 rings (SSSR count). The van der Waals surface area contributed by atoms with E-state index in [1.807, 2.05) is 5.32 Å². The number of nitrogens with zero attached hydrogens (tertiary/aromatic N) is 4. The van der Waals surface area contributed by atoms with E-state index in [2.05, 4.69) is 26.7 Å². The highest BCUT2D eigenvalue weighted by molar-refractivity contribution is 7.59. The lowest BCUT2D eigenvalue weighted by molar-refractivity contribution is -0.384. The van der Waals surface area contributed by atoms with Crippen LogP contribution in [0.4, 0.5) is 61.8 Å². The van der Waals surface area contributed by atoms with Crippen molar-refractivity contribution in [2.24, 2.45) is 0 Å². The van der Waals surface area contributed by atoms with Crippen molar-refractivity contribution in [3.05, 3.63) is 163 Å². The highest BCUT2D eigenvalue weighted by atomic mass is 35.5. The third-order valence-corrected chi connectivity index (χ3v) is 10.9. The first kappa shape index (κ1) is 61.8. The Kier molecular flexibility index (Phi) is 23.2. The van der Waals surface area contributed by atoms with Gasteiger partial charge in [-0.25, -0.2) is 18.4 Å². The summed E-state index contributed by atoms with van der Waals surface area (Å²) in [6.07, 6.45) is -4.70. The van der Waals surface area contributed by atoms with Crippen LogP contribution in [0, 0.1) is 21.7 Å². The van der Waals surface area contributed by atoms with Gasteiger partial charge in [0.05, 0.1) is 50.7 Å². The van der Waals surface area contributed by atoms with Gasteiger partial charge < -0.3 is 40.7 Å². The molecule has 16 nitrogen and oxygen atoms in total. The third kappa shape index (κ3) is 17.3. The number of ether oxygens (including phenoxy) is 1. The first-order valence-corrected chi connectivity index (χ1v) is 21.8. The molecule has 4 heterocycles. The van der Waals surface area contributed by atoms with Gasteiger partial charge in [-0.3, -0.25) is 25.4 Å². The number of aliphatic hydroxyl groups is 4. The Hall–Kier alpha value is -6.45. The lowest BCUT2D eigenvalue weighted by Crippen LogP contribution is -2.38. The summed E-state index contributed by atoms with van der Waals surface area (Å²) in [4.78, 5) is 43.7. The number of aliphatic hydroxyl groups excluding tert-OH is 4. The van der Waals surface area contributed by atoms with Gasteiger partial charge in [0.25, 0.3) is 5.69 Å². The fourth-order valence-corrected chi connectivity index (χ4v) is 7.19. The average Bonchev–Trinajstić information content (AvgIpc) is 3.33. The molecule has 0 fully saturated rings. The number of urea groups is 1. The minimum Gasteiger partial charge on any atom is -0.410 e. The Morgan fingerprint density at radius 3 is 1.65 bits per heavy atom. The van der Waals surface area contributed by atoms with Crippen molar-refractivity contribution in [3.8, 4) is 5.75 Å². The van der Waals surface area contributed by atoms with Gasteiger partial charge >= 0.3 is 24.5 Å². The van der Waals surface area contributed by atoms with Crippen molar-refractivity contribution in [2.75, 3.05) is 50.0 Å². The number of alkyl halides is 6. The lowest BCUT2D eigenvalue weighted by atomic mass is 10.0. The molecular formula is C47H47Cl2F8N7O9S. The van der Waals surface area contributed by atoms with Gasteiger partial charge in [0, 0.05) is 66.7 Å². The van der Waals surface area contributed by atoms with Crippen LogP contribution in [-0.2, 0) is 12.4 Å². The monoisotopic (exact) mass is 1110 g/mol. The summed E-state index contributed by atoms with van der Waals surface area (Å²) in [6.45, 7) is 1.42.